The fraction of sp³-hybridized carbons (Fsp3) is 0.357. The van der Waals surface area contributed by atoms with Crippen molar-refractivity contribution in [3.05, 3.63) is 42.5 Å². The largest absolute Gasteiger partial charge is 0.470 e. The Kier molecular flexibility index (Phi) is 7.87. The Morgan fingerprint density at radius 2 is 1.91 bits per heavy atom. The summed E-state index contributed by atoms with van der Waals surface area (Å²) in [6, 6.07) is 4.23. The molecule has 3 heterocycles. The molecule has 2 aromatic rings. The van der Waals surface area contributed by atoms with Crippen molar-refractivity contribution in [2.45, 2.75) is 19.1 Å². The quantitative estimate of drug-likeness (QED) is 0.865. The lowest BCUT2D eigenvalue weighted by molar-refractivity contribution is 0.294. The summed E-state index contributed by atoms with van der Waals surface area (Å²) in [5.41, 5.74) is 1.05. The minimum Gasteiger partial charge on any atom is -0.470 e. The summed E-state index contributed by atoms with van der Waals surface area (Å²) < 4.78 is 5.75. The molecule has 0 saturated carbocycles. The molecule has 1 fully saturated rings. The van der Waals surface area contributed by atoms with Gasteiger partial charge in [-0.25, -0.2) is 9.97 Å². The van der Waals surface area contributed by atoms with Crippen LogP contribution in [0.3, 0.4) is 0 Å². The summed E-state index contributed by atoms with van der Waals surface area (Å²) in [5, 5.41) is 6.68. The highest BCUT2D eigenvalue weighted by molar-refractivity contribution is 5.85. The number of nitrogens with one attached hydrogen (secondary N) is 2. The van der Waals surface area contributed by atoms with E-state index in [1.807, 2.05) is 12.1 Å². The van der Waals surface area contributed by atoms with Crippen LogP contribution >= 0.6 is 24.8 Å². The van der Waals surface area contributed by atoms with Gasteiger partial charge in [-0.05, 0) is 30.7 Å². The average molecular weight is 344 g/mol. The maximum absolute atomic E-state index is 5.75. The summed E-state index contributed by atoms with van der Waals surface area (Å²) in [5.74, 6) is 1.24. The molecule has 6 nitrogen and oxygen atoms in total. The van der Waals surface area contributed by atoms with Gasteiger partial charge < -0.3 is 15.4 Å². The Morgan fingerprint density at radius 3 is 2.64 bits per heavy atom. The third kappa shape index (κ3) is 4.98. The van der Waals surface area contributed by atoms with Crippen LogP contribution in [0.15, 0.2) is 36.9 Å². The molecule has 0 bridgehead atoms. The molecular formula is C14H19Cl2N5O. The highest BCUT2D eigenvalue weighted by atomic mass is 35.5. The molecule has 0 aromatic carbocycles. The number of hydrogen-bond acceptors (Lipinski definition) is 6. The van der Waals surface area contributed by atoms with Crippen LogP contribution in [0, 0.1) is 0 Å². The summed E-state index contributed by atoms with van der Waals surface area (Å²) in [6.07, 6.45) is 7.89. The average Bonchev–Trinajstić information content (AvgIpc) is 3.00. The first-order chi connectivity index (χ1) is 9.92. The lowest BCUT2D eigenvalue weighted by Crippen LogP contribution is -2.23. The molecule has 1 aliphatic heterocycles. The minimum atomic E-state index is 0. The lowest BCUT2D eigenvalue weighted by atomic mass is 10.2. The van der Waals surface area contributed by atoms with E-state index in [0.717, 1.165) is 25.1 Å². The van der Waals surface area contributed by atoms with Crippen LogP contribution in [-0.4, -0.2) is 34.1 Å². The van der Waals surface area contributed by atoms with Crippen molar-refractivity contribution in [1.29, 1.82) is 0 Å². The molecule has 2 aromatic heterocycles. The van der Waals surface area contributed by atoms with E-state index in [1.54, 1.807) is 24.8 Å². The van der Waals surface area contributed by atoms with E-state index in [4.69, 9.17) is 4.74 Å². The van der Waals surface area contributed by atoms with Crippen LogP contribution in [0.25, 0.3) is 0 Å². The molecule has 1 atom stereocenters. The maximum atomic E-state index is 5.75. The van der Waals surface area contributed by atoms with Gasteiger partial charge >= 0.3 is 0 Å². The van der Waals surface area contributed by atoms with E-state index in [0.29, 0.717) is 24.3 Å². The molecule has 8 heteroatoms. The molecule has 3 rings (SSSR count). The first kappa shape index (κ1) is 18.4. The molecule has 2 N–H and O–H groups in total. The number of aromatic nitrogens is 3. The van der Waals surface area contributed by atoms with Crippen LogP contribution in [0.4, 0.5) is 5.82 Å². The van der Waals surface area contributed by atoms with E-state index in [1.165, 1.54) is 0 Å². The van der Waals surface area contributed by atoms with Crippen molar-refractivity contribution in [1.82, 2.24) is 20.3 Å². The van der Waals surface area contributed by atoms with Crippen LogP contribution < -0.4 is 15.4 Å². The summed E-state index contributed by atoms with van der Waals surface area (Å²) in [4.78, 5) is 12.6. The van der Waals surface area contributed by atoms with E-state index < -0.39 is 0 Å². The minimum absolute atomic E-state index is 0. The van der Waals surface area contributed by atoms with Gasteiger partial charge in [-0.1, -0.05) is 0 Å². The molecule has 0 amide bonds. The van der Waals surface area contributed by atoms with Gasteiger partial charge in [-0.15, -0.1) is 24.8 Å². The third-order valence-electron chi connectivity index (χ3n) is 3.19. The topological polar surface area (TPSA) is 72.0 Å². The van der Waals surface area contributed by atoms with Gasteiger partial charge in [0.05, 0.1) is 0 Å². The lowest BCUT2D eigenvalue weighted by Gasteiger charge is -2.14. The third-order valence-corrected chi connectivity index (χ3v) is 3.19. The molecule has 0 radical (unpaired) electrons. The van der Waals surface area contributed by atoms with Gasteiger partial charge in [0.2, 0.25) is 0 Å². The molecule has 22 heavy (non-hydrogen) atoms. The van der Waals surface area contributed by atoms with Gasteiger partial charge in [-0.3, -0.25) is 4.98 Å². The number of ether oxygens (including phenoxy) is 1. The Bertz CT molecular complexity index is 552. The second kappa shape index (κ2) is 9.40. The Labute approximate surface area is 141 Å². The molecule has 0 spiro atoms. The van der Waals surface area contributed by atoms with Gasteiger partial charge in [-0.2, -0.15) is 0 Å². The molecular weight excluding hydrogens is 325 g/mol. The van der Waals surface area contributed by atoms with Crippen molar-refractivity contribution in [2.24, 2.45) is 0 Å². The van der Waals surface area contributed by atoms with Gasteiger partial charge in [0.1, 0.15) is 6.61 Å². The van der Waals surface area contributed by atoms with Crippen molar-refractivity contribution in [2.75, 3.05) is 18.4 Å². The number of rotatable bonds is 5. The highest BCUT2D eigenvalue weighted by Gasteiger charge is 2.17. The highest BCUT2D eigenvalue weighted by Crippen LogP contribution is 2.20. The molecule has 0 aliphatic carbocycles. The van der Waals surface area contributed by atoms with Gasteiger partial charge in [0, 0.05) is 37.4 Å². The number of hydrogen-bond donors (Lipinski definition) is 2. The number of pyridine rings is 1. The van der Waals surface area contributed by atoms with Crippen LogP contribution in [0.5, 0.6) is 5.88 Å². The van der Waals surface area contributed by atoms with E-state index in [9.17, 15) is 0 Å². The van der Waals surface area contributed by atoms with E-state index in [2.05, 4.69) is 25.6 Å². The van der Waals surface area contributed by atoms with Crippen molar-refractivity contribution in [3.8, 4) is 5.88 Å². The molecule has 120 valence electrons. The summed E-state index contributed by atoms with van der Waals surface area (Å²) in [7, 11) is 0. The van der Waals surface area contributed by atoms with Gasteiger partial charge in [0.15, 0.2) is 5.82 Å². The summed E-state index contributed by atoms with van der Waals surface area (Å²) >= 11 is 0. The molecule has 1 unspecified atom stereocenters. The van der Waals surface area contributed by atoms with E-state index in [-0.39, 0.29) is 24.8 Å². The maximum Gasteiger partial charge on any atom is 0.257 e. The first-order valence-corrected chi connectivity index (χ1v) is 6.72. The Hall–Kier alpha value is -1.63. The zero-order chi connectivity index (χ0) is 13.6. The predicted molar refractivity (Wildman–Crippen MR) is 90.0 cm³/mol. The summed E-state index contributed by atoms with van der Waals surface area (Å²) in [6.45, 7) is 2.43. The number of nitrogens with zero attached hydrogens (tertiary/aromatic N) is 3. The standard InChI is InChI=1S/C14H17N5O.2ClH/c1-4-15-5-2-11(1)10-20-14-13(17-7-8-18-14)19-12-3-6-16-9-12;;/h1-2,4-5,7-8,12,16H,3,6,9-10H2,(H,17,19);2*1H. The predicted octanol–water partition coefficient (Wildman–Crippen LogP) is 2.07. The first-order valence-electron chi connectivity index (χ1n) is 6.72. The number of anilines is 1. The second-order valence-corrected chi connectivity index (χ2v) is 4.69. The normalized spacial score (nSPS) is 16.3. The Balaban J connectivity index is 0.00000121. The number of halogens is 2. The van der Waals surface area contributed by atoms with Crippen LogP contribution in [0.1, 0.15) is 12.0 Å². The monoisotopic (exact) mass is 343 g/mol. The Morgan fingerprint density at radius 1 is 1.14 bits per heavy atom. The molecule has 1 saturated heterocycles. The smallest absolute Gasteiger partial charge is 0.257 e. The van der Waals surface area contributed by atoms with Crippen molar-refractivity contribution in [3.63, 3.8) is 0 Å². The fourth-order valence-electron chi connectivity index (χ4n) is 2.13. The van der Waals surface area contributed by atoms with Crippen LogP contribution in [-0.2, 0) is 6.61 Å². The van der Waals surface area contributed by atoms with Crippen molar-refractivity contribution < 1.29 is 4.74 Å². The molecule has 1 aliphatic rings. The SMILES string of the molecule is Cl.Cl.c1cc(COc2nccnc2NC2CCNC2)ccn1. The van der Waals surface area contributed by atoms with Crippen molar-refractivity contribution >= 4 is 30.6 Å². The zero-order valence-corrected chi connectivity index (χ0v) is 13.6. The zero-order valence-electron chi connectivity index (χ0n) is 11.9. The van der Waals surface area contributed by atoms with Gasteiger partial charge in [0.25, 0.3) is 5.88 Å². The van der Waals surface area contributed by atoms with Crippen LogP contribution in [0.2, 0.25) is 0 Å². The second-order valence-electron chi connectivity index (χ2n) is 4.69. The fourth-order valence-corrected chi connectivity index (χ4v) is 2.13. The van der Waals surface area contributed by atoms with E-state index >= 15 is 0 Å².